The molecule has 0 bridgehead atoms. The van der Waals surface area contributed by atoms with Crippen LogP contribution in [0.2, 0.25) is 0 Å². The number of nitrogens with two attached hydrogens (primary N) is 1. The largest absolute Gasteiger partial charge is 0.375 e. The second-order valence-electron chi connectivity index (χ2n) is 3.42. The van der Waals surface area contributed by atoms with E-state index in [1.54, 1.807) is 6.92 Å². The zero-order valence-electron chi connectivity index (χ0n) is 9.03. The number of carbonyl (C=O) groups excluding carboxylic acids is 1. The minimum atomic E-state index is -0.350. The van der Waals surface area contributed by atoms with Gasteiger partial charge in [0.25, 0.3) is 5.91 Å². The zero-order chi connectivity index (χ0) is 12.4. The number of anilines is 2. The number of nitrogens with zero attached hydrogens (tertiary/aromatic N) is 1. The van der Waals surface area contributed by atoms with Crippen LogP contribution in [0.4, 0.5) is 15.2 Å². The summed E-state index contributed by atoms with van der Waals surface area (Å²) in [6.07, 6.45) is 0. The van der Waals surface area contributed by atoms with Crippen molar-refractivity contribution in [2.45, 2.75) is 6.92 Å². The molecular weight excluding hydrogens is 241 g/mol. The van der Waals surface area contributed by atoms with E-state index >= 15 is 0 Å². The van der Waals surface area contributed by atoms with Crippen LogP contribution in [0, 0.1) is 12.7 Å². The Bertz CT molecular complexity index is 550. The monoisotopic (exact) mass is 251 g/mol. The highest BCUT2D eigenvalue weighted by Gasteiger charge is 2.14. The number of aryl methyl sites for hydroxylation is 1. The molecule has 17 heavy (non-hydrogen) atoms. The molecule has 0 saturated heterocycles. The molecule has 0 aliphatic heterocycles. The average molecular weight is 251 g/mol. The predicted octanol–water partition coefficient (Wildman–Crippen LogP) is 2.43. The summed E-state index contributed by atoms with van der Waals surface area (Å²) >= 11 is 1.26. The third-order valence-corrected chi connectivity index (χ3v) is 2.93. The molecule has 3 N–H and O–H groups in total. The Morgan fingerprint density at radius 3 is 2.59 bits per heavy atom. The number of amides is 1. The lowest BCUT2D eigenvalue weighted by Crippen LogP contribution is -2.13. The third-order valence-electron chi connectivity index (χ3n) is 2.13. The first-order chi connectivity index (χ1) is 8.06. The average Bonchev–Trinajstić information content (AvgIpc) is 2.61. The summed E-state index contributed by atoms with van der Waals surface area (Å²) in [6.45, 7) is 1.77. The molecule has 0 unspecified atom stereocenters. The number of thiazole rings is 1. The maximum Gasteiger partial charge on any atom is 0.275 e. The quantitative estimate of drug-likeness (QED) is 0.861. The van der Waals surface area contributed by atoms with Gasteiger partial charge in [-0.25, -0.2) is 9.37 Å². The van der Waals surface area contributed by atoms with Crippen LogP contribution in [-0.4, -0.2) is 10.9 Å². The van der Waals surface area contributed by atoms with Gasteiger partial charge in [0.05, 0.1) is 0 Å². The Morgan fingerprint density at radius 2 is 2.06 bits per heavy atom. The van der Waals surface area contributed by atoms with Crippen molar-refractivity contribution in [1.82, 2.24) is 4.98 Å². The van der Waals surface area contributed by atoms with Gasteiger partial charge in [0.15, 0.2) is 5.13 Å². The number of aromatic nitrogens is 1. The van der Waals surface area contributed by atoms with Crippen LogP contribution >= 0.6 is 11.3 Å². The molecule has 1 heterocycles. The van der Waals surface area contributed by atoms with Gasteiger partial charge in [0.1, 0.15) is 11.5 Å². The lowest BCUT2D eigenvalue weighted by atomic mass is 10.3. The second-order valence-corrected chi connectivity index (χ2v) is 4.65. The minimum absolute atomic E-state index is 0.303. The molecule has 1 amide bonds. The molecule has 0 spiro atoms. The van der Waals surface area contributed by atoms with Crippen LogP contribution in [-0.2, 0) is 0 Å². The lowest BCUT2D eigenvalue weighted by Gasteiger charge is -2.03. The molecule has 2 aromatic rings. The fraction of sp³-hybridized carbons (Fsp3) is 0.0909. The number of hydrogen-bond donors (Lipinski definition) is 2. The van der Waals surface area contributed by atoms with Gasteiger partial charge >= 0.3 is 0 Å². The van der Waals surface area contributed by atoms with Gasteiger partial charge in [0, 0.05) is 10.6 Å². The summed E-state index contributed by atoms with van der Waals surface area (Å²) in [5.41, 5.74) is 6.33. The van der Waals surface area contributed by atoms with E-state index < -0.39 is 0 Å². The predicted molar refractivity (Wildman–Crippen MR) is 65.6 cm³/mol. The Labute approximate surface area is 101 Å². The zero-order valence-corrected chi connectivity index (χ0v) is 9.84. The number of rotatable bonds is 2. The van der Waals surface area contributed by atoms with Gasteiger partial charge in [-0.05, 0) is 31.2 Å². The van der Waals surface area contributed by atoms with Crippen LogP contribution in [0.1, 0.15) is 15.4 Å². The Hall–Kier alpha value is -1.95. The standard InChI is InChI=1S/C11H10FN3OS/c1-6-9(15-11(13)17-6)10(16)14-8-4-2-7(12)3-5-8/h2-5H,1H3,(H2,13,15)(H,14,16). The Morgan fingerprint density at radius 1 is 1.41 bits per heavy atom. The highest BCUT2D eigenvalue weighted by molar-refractivity contribution is 7.15. The normalized spacial score (nSPS) is 10.2. The first-order valence-electron chi connectivity index (χ1n) is 4.86. The van der Waals surface area contributed by atoms with Crippen molar-refractivity contribution < 1.29 is 9.18 Å². The van der Waals surface area contributed by atoms with Crippen LogP contribution in [0.5, 0.6) is 0 Å². The fourth-order valence-electron chi connectivity index (χ4n) is 1.35. The minimum Gasteiger partial charge on any atom is -0.375 e. The lowest BCUT2D eigenvalue weighted by molar-refractivity contribution is 0.102. The first kappa shape index (κ1) is 11.5. The molecule has 0 fully saturated rings. The number of halogens is 1. The van der Waals surface area contributed by atoms with Crippen molar-refractivity contribution in [1.29, 1.82) is 0 Å². The SMILES string of the molecule is Cc1sc(N)nc1C(=O)Nc1ccc(F)cc1. The van der Waals surface area contributed by atoms with Crippen LogP contribution in [0.3, 0.4) is 0 Å². The van der Waals surface area contributed by atoms with Crippen LogP contribution < -0.4 is 11.1 Å². The van der Waals surface area contributed by atoms with E-state index in [0.717, 1.165) is 4.88 Å². The molecule has 0 aliphatic carbocycles. The van der Waals surface area contributed by atoms with E-state index in [4.69, 9.17) is 5.73 Å². The van der Waals surface area contributed by atoms with Gasteiger partial charge in [-0.2, -0.15) is 0 Å². The third kappa shape index (κ3) is 2.59. The van der Waals surface area contributed by atoms with Gasteiger partial charge in [0.2, 0.25) is 0 Å². The van der Waals surface area contributed by atoms with Gasteiger partial charge in [-0.15, -0.1) is 11.3 Å². The van der Waals surface area contributed by atoms with Crippen LogP contribution in [0.25, 0.3) is 0 Å². The van der Waals surface area contributed by atoms with E-state index in [1.165, 1.54) is 35.6 Å². The number of hydrogen-bond acceptors (Lipinski definition) is 4. The maximum atomic E-state index is 12.7. The topological polar surface area (TPSA) is 68.0 Å². The van der Waals surface area contributed by atoms with Gasteiger partial charge < -0.3 is 11.1 Å². The van der Waals surface area contributed by atoms with Crippen molar-refractivity contribution in [3.8, 4) is 0 Å². The number of benzene rings is 1. The highest BCUT2D eigenvalue weighted by Crippen LogP contribution is 2.20. The van der Waals surface area contributed by atoms with Crippen molar-refractivity contribution in [3.63, 3.8) is 0 Å². The van der Waals surface area contributed by atoms with Gasteiger partial charge in [-0.3, -0.25) is 4.79 Å². The van der Waals surface area contributed by atoms with Crippen molar-refractivity contribution in [2.24, 2.45) is 0 Å². The van der Waals surface area contributed by atoms with Crippen LogP contribution in [0.15, 0.2) is 24.3 Å². The molecule has 1 aromatic heterocycles. The number of carbonyl (C=O) groups is 1. The molecule has 4 nitrogen and oxygen atoms in total. The number of nitrogen functional groups attached to an aromatic ring is 1. The first-order valence-corrected chi connectivity index (χ1v) is 5.68. The summed E-state index contributed by atoms with van der Waals surface area (Å²) in [6, 6.07) is 5.52. The molecule has 0 aliphatic rings. The summed E-state index contributed by atoms with van der Waals surface area (Å²) in [5.74, 6) is -0.695. The molecular formula is C11H10FN3OS. The molecule has 0 radical (unpaired) electrons. The Kier molecular flexibility index (Phi) is 3.06. The summed E-state index contributed by atoms with van der Waals surface area (Å²) < 4.78 is 12.7. The molecule has 6 heteroatoms. The highest BCUT2D eigenvalue weighted by atomic mass is 32.1. The summed E-state index contributed by atoms with van der Waals surface area (Å²) in [7, 11) is 0. The number of nitrogens with one attached hydrogen (secondary N) is 1. The smallest absolute Gasteiger partial charge is 0.275 e. The van der Waals surface area contributed by atoms with E-state index in [0.29, 0.717) is 16.5 Å². The summed E-state index contributed by atoms with van der Waals surface area (Å²) in [5, 5.41) is 2.98. The molecule has 0 saturated carbocycles. The van der Waals surface area contributed by atoms with E-state index in [-0.39, 0.29) is 11.7 Å². The van der Waals surface area contributed by atoms with E-state index in [9.17, 15) is 9.18 Å². The second kappa shape index (κ2) is 4.50. The van der Waals surface area contributed by atoms with Gasteiger partial charge in [-0.1, -0.05) is 0 Å². The Balaban J connectivity index is 2.17. The molecule has 0 atom stereocenters. The molecule has 2 rings (SSSR count). The molecule has 88 valence electrons. The van der Waals surface area contributed by atoms with E-state index in [2.05, 4.69) is 10.3 Å². The molecule has 1 aromatic carbocycles. The van der Waals surface area contributed by atoms with Crippen molar-refractivity contribution >= 4 is 28.1 Å². The van der Waals surface area contributed by atoms with E-state index in [1.807, 2.05) is 0 Å². The van der Waals surface area contributed by atoms with Crippen molar-refractivity contribution in [3.05, 3.63) is 40.7 Å². The van der Waals surface area contributed by atoms with Crippen molar-refractivity contribution in [2.75, 3.05) is 11.1 Å². The fourth-order valence-corrected chi connectivity index (χ4v) is 2.04. The maximum absolute atomic E-state index is 12.7. The summed E-state index contributed by atoms with van der Waals surface area (Å²) in [4.78, 5) is 16.5.